The highest BCUT2D eigenvalue weighted by Gasteiger charge is 2.23. The van der Waals surface area contributed by atoms with E-state index in [-0.39, 0.29) is 11.9 Å². The fourth-order valence-corrected chi connectivity index (χ4v) is 3.86. The molecule has 0 aliphatic heterocycles. The molecule has 0 fully saturated rings. The molecule has 0 saturated heterocycles. The molecule has 4 rings (SSSR count). The predicted octanol–water partition coefficient (Wildman–Crippen LogP) is 4.84. The summed E-state index contributed by atoms with van der Waals surface area (Å²) < 4.78 is 7.13. The van der Waals surface area contributed by atoms with E-state index < -0.39 is 0 Å². The average Bonchev–Trinajstić information content (AvgIpc) is 3.31. The first-order valence-corrected chi connectivity index (χ1v) is 11.2. The molecule has 7 heteroatoms. The summed E-state index contributed by atoms with van der Waals surface area (Å²) >= 11 is 0. The molecule has 0 saturated carbocycles. The Labute approximate surface area is 199 Å². The highest BCUT2D eigenvalue weighted by atomic mass is 16.5. The molecule has 2 aromatic carbocycles. The van der Waals surface area contributed by atoms with E-state index in [1.165, 1.54) is 0 Å². The van der Waals surface area contributed by atoms with Gasteiger partial charge in [0, 0.05) is 31.8 Å². The van der Waals surface area contributed by atoms with Crippen LogP contribution < -0.4 is 0 Å². The molecule has 0 aliphatic rings. The average molecular weight is 454 g/mol. The van der Waals surface area contributed by atoms with Crippen molar-refractivity contribution in [2.45, 2.75) is 26.4 Å². The van der Waals surface area contributed by atoms with Crippen LogP contribution in [0.15, 0.2) is 66.9 Å². The minimum absolute atomic E-state index is 0.0993. The molecular weight excluding hydrogens is 426 g/mol. The van der Waals surface area contributed by atoms with Crippen molar-refractivity contribution in [3.05, 3.63) is 83.6 Å². The fraction of sp³-hybridized carbons (Fsp3) is 0.259. The number of amides is 1. The normalized spacial score (nSPS) is 11.0. The summed E-state index contributed by atoms with van der Waals surface area (Å²) in [5.74, 6) is -0.116. The lowest BCUT2D eigenvalue weighted by Crippen LogP contribution is -2.33. The first-order valence-electron chi connectivity index (χ1n) is 11.2. The monoisotopic (exact) mass is 453 g/mol. The van der Waals surface area contributed by atoms with Gasteiger partial charge in [0.15, 0.2) is 5.65 Å². The predicted molar refractivity (Wildman–Crippen MR) is 131 cm³/mol. The van der Waals surface area contributed by atoms with Crippen LogP contribution in [0.4, 0.5) is 0 Å². The first kappa shape index (κ1) is 23.1. The summed E-state index contributed by atoms with van der Waals surface area (Å²) in [7, 11) is 1.62. The van der Waals surface area contributed by atoms with Crippen LogP contribution in [0.2, 0.25) is 0 Å². The summed E-state index contributed by atoms with van der Waals surface area (Å²) in [4.78, 5) is 20.5. The van der Waals surface area contributed by atoms with Crippen molar-refractivity contribution >= 4 is 16.9 Å². The van der Waals surface area contributed by atoms with Gasteiger partial charge in [-0.3, -0.25) is 4.79 Å². The van der Waals surface area contributed by atoms with Crippen LogP contribution in [0.3, 0.4) is 0 Å². The third-order valence-corrected chi connectivity index (χ3v) is 5.66. The van der Waals surface area contributed by atoms with Crippen molar-refractivity contribution < 1.29 is 9.53 Å². The van der Waals surface area contributed by atoms with Crippen LogP contribution in [0, 0.1) is 11.3 Å². The molecule has 0 bridgehead atoms. The minimum Gasteiger partial charge on any atom is -0.383 e. The van der Waals surface area contributed by atoms with E-state index in [1.54, 1.807) is 30.3 Å². The summed E-state index contributed by atoms with van der Waals surface area (Å²) in [6.07, 6.45) is 1.72. The van der Waals surface area contributed by atoms with Crippen LogP contribution in [0.5, 0.6) is 0 Å². The molecule has 0 N–H and O–H groups in total. The summed E-state index contributed by atoms with van der Waals surface area (Å²) in [6, 6.07) is 21.2. The number of pyridine rings is 1. The number of hydrogen-bond donors (Lipinski definition) is 0. The van der Waals surface area contributed by atoms with Gasteiger partial charge in [-0.15, -0.1) is 0 Å². The van der Waals surface area contributed by atoms with Gasteiger partial charge >= 0.3 is 0 Å². The third kappa shape index (κ3) is 4.82. The molecule has 1 amide bonds. The van der Waals surface area contributed by atoms with Crippen LogP contribution in [0.1, 0.15) is 41.4 Å². The smallest absolute Gasteiger partial charge is 0.255 e. The first-order chi connectivity index (χ1) is 16.5. The van der Waals surface area contributed by atoms with Crippen molar-refractivity contribution in [1.82, 2.24) is 19.7 Å². The molecule has 172 valence electrons. The van der Waals surface area contributed by atoms with E-state index in [0.29, 0.717) is 36.5 Å². The number of ether oxygens (including phenoxy) is 1. The maximum absolute atomic E-state index is 13.9. The number of carbonyl (C=O) groups excluding carboxylic acids is 1. The van der Waals surface area contributed by atoms with Gasteiger partial charge in [-0.05, 0) is 37.6 Å². The lowest BCUT2D eigenvalue weighted by molar-refractivity contribution is 0.0682. The summed E-state index contributed by atoms with van der Waals surface area (Å²) in [5.41, 5.74) is 4.43. The number of nitriles is 1. The van der Waals surface area contributed by atoms with Crippen LogP contribution in [-0.4, -0.2) is 45.8 Å². The van der Waals surface area contributed by atoms with E-state index in [0.717, 1.165) is 22.2 Å². The van der Waals surface area contributed by atoms with Crippen molar-refractivity contribution in [3.63, 3.8) is 0 Å². The van der Waals surface area contributed by atoms with E-state index in [4.69, 9.17) is 15.0 Å². The van der Waals surface area contributed by atoms with Gasteiger partial charge < -0.3 is 9.64 Å². The van der Waals surface area contributed by atoms with Gasteiger partial charge in [0.1, 0.15) is 0 Å². The largest absolute Gasteiger partial charge is 0.383 e. The number of nitrogens with zero attached hydrogens (tertiary/aromatic N) is 5. The molecule has 34 heavy (non-hydrogen) atoms. The van der Waals surface area contributed by atoms with Gasteiger partial charge in [-0.1, -0.05) is 42.5 Å². The zero-order chi connectivity index (χ0) is 24.1. The Balaban J connectivity index is 1.79. The zero-order valence-corrected chi connectivity index (χ0v) is 19.6. The van der Waals surface area contributed by atoms with Crippen molar-refractivity contribution in [2.75, 3.05) is 20.3 Å². The van der Waals surface area contributed by atoms with Crippen molar-refractivity contribution in [1.29, 1.82) is 5.26 Å². The Morgan fingerprint density at radius 3 is 2.53 bits per heavy atom. The molecule has 7 nitrogen and oxygen atoms in total. The molecule has 0 spiro atoms. The quantitative estimate of drug-likeness (QED) is 0.381. The summed E-state index contributed by atoms with van der Waals surface area (Å²) in [5, 5.41) is 14.3. The Morgan fingerprint density at radius 1 is 1.15 bits per heavy atom. The highest BCUT2D eigenvalue weighted by molar-refractivity contribution is 6.06. The molecule has 2 aromatic heterocycles. The minimum atomic E-state index is -0.116. The van der Waals surface area contributed by atoms with E-state index in [9.17, 15) is 4.79 Å². The summed E-state index contributed by atoms with van der Waals surface area (Å²) in [6.45, 7) is 5.32. The standard InChI is InChI=1S/C27H27N5O2/c1-19(2)32-26-24(17-29-32)23(15-25(30-26)22-7-5-4-6-8-22)27(33)31(13-14-34-3)18-21-11-9-20(16-28)10-12-21/h4-12,15,17,19H,13-14,18H2,1-3H3. The Morgan fingerprint density at radius 2 is 1.88 bits per heavy atom. The Hall–Kier alpha value is -4.02. The van der Waals surface area contributed by atoms with E-state index in [2.05, 4.69) is 11.2 Å². The molecule has 4 aromatic rings. The molecular formula is C27H27N5O2. The third-order valence-electron chi connectivity index (χ3n) is 5.66. The number of hydrogen-bond acceptors (Lipinski definition) is 5. The second kappa shape index (κ2) is 10.3. The lowest BCUT2D eigenvalue weighted by Gasteiger charge is -2.23. The molecule has 0 aliphatic carbocycles. The Kier molecular flexibility index (Phi) is 7.00. The van der Waals surface area contributed by atoms with Crippen LogP contribution in [-0.2, 0) is 11.3 Å². The fourth-order valence-electron chi connectivity index (χ4n) is 3.86. The number of rotatable bonds is 8. The maximum atomic E-state index is 13.9. The maximum Gasteiger partial charge on any atom is 0.255 e. The van der Waals surface area contributed by atoms with E-state index in [1.807, 2.05) is 67.1 Å². The van der Waals surface area contributed by atoms with Crippen LogP contribution in [0.25, 0.3) is 22.3 Å². The molecule has 0 unspecified atom stereocenters. The second-order valence-corrected chi connectivity index (χ2v) is 8.37. The molecule has 0 radical (unpaired) electrons. The lowest BCUT2D eigenvalue weighted by atomic mass is 10.1. The van der Waals surface area contributed by atoms with Crippen LogP contribution >= 0.6 is 0 Å². The topological polar surface area (TPSA) is 84.0 Å². The number of carbonyl (C=O) groups is 1. The van der Waals surface area contributed by atoms with Crippen molar-refractivity contribution in [2.24, 2.45) is 0 Å². The zero-order valence-electron chi connectivity index (χ0n) is 19.6. The van der Waals surface area contributed by atoms with Gasteiger partial charge in [0.25, 0.3) is 5.91 Å². The molecule has 0 atom stereocenters. The number of methoxy groups -OCH3 is 1. The number of benzene rings is 2. The van der Waals surface area contributed by atoms with Crippen molar-refractivity contribution in [3.8, 4) is 17.3 Å². The van der Waals surface area contributed by atoms with E-state index >= 15 is 0 Å². The number of aromatic nitrogens is 3. The Bertz CT molecular complexity index is 1320. The second-order valence-electron chi connectivity index (χ2n) is 8.37. The van der Waals surface area contributed by atoms with Gasteiger partial charge in [-0.25, -0.2) is 9.67 Å². The highest BCUT2D eigenvalue weighted by Crippen LogP contribution is 2.27. The molecule has 2 heterocycles. The number of fused-ring (bicyclic) bond motifs is 1. The van der Waals surface area contributed by atoms with Gasteiger partial charge in [0.05, 0.1) is 41.1 Å². The van der Waals surface area contributed by atoms with Gasteiger partial charge in [-0.2, -0.15) is 10.4 Å². The SMILES string of the molecule is COCCN(Cc1ccc(C#N)cc1)C(=O)c1cc(-c2ccccc2)nc2c1cnn2C(C)C. The van der Waals surface area contributed by atoms with Gasteiger partial charge in [0.2, 0.25) is 0 Å².